The standard InChI is InChI=1S/C14H18O5/c1-14(13(16)17,7-10-5-3-2-4-6-10)12-11(8-15)18-9-19-12/h2-6,11-12,15H,7-9H2,1H3,(H,16,17). The summed E-state index contributed by atoms with van der Waals surface area (Å²) in [5.74, 6) is -0.953. The van der Waals surface area contributed by atoms with E-state index in [1.54, 1.807) is 6.92 Å². The third-order valence-electron chi connectivity index (χ3n) is 3.58. The van der Waals surface area contributed by atoms with E-state index in [9.17, 15) is 15.0 Å². The summed E-state index contributed by atoms with van der Waals surface area (Å²) >= 11 is 0. The maximum absolute atomic E-state index is 11.7. The van der Waals surface area contributed by atoms with Crippen molar-refractivity contribution in [2.24, 2.45) is 5.41 Å². The fourth-order valence-electron chi connectivity index (χ4n) is 2.46. The van der Waals surface area contributed by atoms with E-state index in [1.807, 2.05) is 30.3 Å². The van der Waals surface area contributed by atoms with Crippen molar-refractivity contribution in [1.82, 2.24) is 0 Å². The number of hydrogen-bond donors (Lipinski definition) is 2. The largest absolute Gasteiger partial charge is 0.481 e. The van der Waals surface area contributed by atoms with E-state index in [2.05, 4.69) is 0 Å². The molecule has 0 spiro atoms. The van der Waals surface area contributed by atoms with Gasteiger partial charge in [0.2, 0.25) is 0 Å². The second kappa shape index (κ2) is 5.69. The van der Waals surface area contributed by atoms with E-state index in [1.165, 1.54) is 0 Å². The number of carboxylic acids is 1. The normalized spacial score (nSPS) is 26.0. The minimum Gasteiger partial charge on any atom is -0.481 e. The average Bonchev–Trinajstić information content (AvgIpc) is 2.88. The molecule has 1 aromatic rings. The Morgan fingerprint density at radius 1 is 1.37 bits per heavy atom. The van der Waals surface area contributed by atoms with E-state index in [0.717, 1.165) is 5.56 Å². The van der Waals surface area contributed by atoms with Gasteiger partial charge in [0, 0.05) is 0 Å². The molecule has 104 valence electrons. The van der Waals surface area contributed by atoms with Gasteiger partial charge in [0.1, 0.15) is 19.0 Å². The van der Waals surface area contributed by atoms with Crippen molar-refractivity contribution in [1.29, 1.82) is 0 Å². The monoisotopic (exact) mass is 266 g/mol. The Balaban J connectivity index is 2.25. The number of carbonyl (C=O) groups is 1. The van der Waals surface area contributed by atoms with Crippen LogP contribution in [0.5, 0.6) is 0 Å². The number of aliphatic carboxylic acids is 1. The first-order valence-electron chi connectivity index (χ1n) is 6.19. The molecule has 3 unspecified atom stereocenters. The third-order valence-corrected chi connectivity index (χ3v) is 3.58. The van der Waals surface area contributed by atoms with Crippen LogP contribution in [0.2, 0.25) is 0 Å². The molecule has 1 fully saturated rings. The fourth-order valence-corrected chi connectivity index (χ4v) is 2.46. The molecule has 0 bridgehead atoms. The predicted molar refractivity (Wildman–Crippen MR) is 67.6 cm³/mol. The number of aliphatic hydroxyl groups excluding tert-OH is 1. The van der Waals surface area contributed by atoms with Crippen molar-refractivity contribution in [2.75, 3.05) is 13.4 Å². The number of rotatable bonds is 5. The van der Waals surface area contributed by atoms with E-state index >= 15 is 0 Å². The molecule has 3 atom stereocenters. The molecule has 2 rings (SSSR count). The molecule has 1 aromatic carbocycles. The molecule has 1 aliphatic heterocycles. The molecule has 19 heavy (non-hydrogen) atoms. The molecular weight excluding hydrogens is 248 g/mol. The molecular formula is C14H18O5. The second-order valence-electron chi connectivity index (χ2n) is 4.98. The maximum atomic E-state index is 11.7. The van der Waals surface area contributed by atoms with Gasteiger partial charge in [-0.15, -0.1) is 0 Å². The molecule has 0 amide bonds. The van der Waals surface area contributed by atoms with Crippen molar-refractivity contribution in [3.63, 3.8) is 0 Å². The Morgan fingerprint density at radius 3 is 2.63 bits per heavy atom. The second-order valence-corrected chi connectivity index (χ2v) is 4.98. The molecule has 1 saturated heterocycles. The van der Waals surface area contributed by atoms with E-state index in [-0.39, 0.29) is 13.4 Å². The molecule has 1 aliphatic rings. The van der Waals surface area contributed by atoms with Crippen LogP contribution in [0, 0.1) is 5.41 Å². The molecule has 0 radical (unpaired) electrons. The molecule has 1 heterocycles. The summed E-state index contributed by atoms with van der Waals surface area (Å²) < 4.78 is 10.6. The van der Waals surface area contributed by atoms with E-state index in [4.69, 9.17) is 9.47 Å². The topological polar surface area (TPSA) is 76.0 Å². The zero-order valence-corrected chi connectivity index (χ0v) is 10.8. The van der Waals surface area contributed by atoms with Gasteiger partial charge in [0.15, 0.2) is 0 Å². The van der Waals surface area contributed by atoms with Gasteiger partial charge in [0.25, 0.3) is 0 Å². The summed E-state index contributed by atoms with van der Waals surface area (Å²) in [7, 11) is 0. The van der Waals surface area contributed by atoms with Crippen LogP contribution in [0.3, 0.4) is 0 Å². The van der Waals surface area contributed by atoms with Crippen LogP contribution in [0.4, 0.5) is 0 Å². The Kier molecular flexibility index (Phi) is 4.19. The summed E-state index contributed by atoms with van der Waals surface area (Å²) in [6.07, 6.45) is -0.923. The van der Waals surface area contributed by atoms with Crippen molar-refractivity contribution in [3.05, 3.63) is 35.9 Å². The summed E-state index contributed by atoms with van der Waals surface area (Å²) in [5.41, 5.74) is -0.217. The van der Waals surface area contributed by atoms with Gasteiger partial charge < -0.3 is 19.7 Å². The van der Waals surface area contributed by atoms with Gasteiger partial charge in [0.05, 0.1) is 12.0 Å². The van der Waals surface area contributed by atoms with Gasteiger partial charge in [-0.3, -0.25) is 4.79 Å². The lowest BCUT2D eigenvalue weighted by molar-refractivity contribution is -0.156. The third kappa shape index (κ3) is 2.78. The summed E-state index contributed by atoms with van der Waals surface area (Å²) in [6, 6.07) is 9.38. The SMILES string of the molecule is CC(Cc1ccccc1)(C(=O)O)C1OCOC1CO. The number of carboxylic acid groups (broad SMARTS) is 1. The van der Waals surface area contributed by atoms with Crippen molar-refractivity contribution in [2.45, 2.75) is 25.6 Å². The Bertz CT molecular complexity index is 433. The number of aliphatic hydroxyl groups is 1. The van der Waals surface area contributed by atoms with Gasteiger partial charge in [-0.25, -0.2) is 0 Å². The highest BCUT2D eigenvalue weighted by molar-refractivity contribution is 5.75. The van der Waals surface area contributed by atoms with E-state index < -0.39 is 23.6 Å². The van der Waals surface area contributed by atoms with Gasteiger partial charge >= 0.3 is 5.97 Å². The molecule has 0 aliphatic carbocycles. The van der Waals surface area contributed by atoms with Crippen LogP contribution in [0.25, 0.3) is 0 Å². The van der Waals surface area contributed by atoms with Gasteiger partial charge in [-0.2, -0.15) is 0 Å². The van der Waals surface area contributed by atoms with Crippen LogP contribution >= 0.6 is 0 Å². The lowest BCUT2D eigenvalue weighted by Crippen LogP contribution is -2.48. The van der Waals surface area contributed by atoms with Gasteiger partial charge in [-0.1, -0.05) is 30.3 Å². The lowest BCUT2D eigenvalue weighted by atomic mass is 9.76. The Hall–Kier alpha value is -1.43. The molecule has 0 aromatic heterocycles. The first kappa shape index (κ1) is 14.0. The zero-order valence-electron chi connectivity index (χ0n) is 10.8. The Morgan fingerprint density at radius 2 is 2.05 bits per heavy atom. The quantitative estimate of drug-likeness (QED) is 0.833. The molecule has 2 N–H and O–H groups in total. The minimum absolute atomic E-state index is 0.0214. The highest BCUT2D eigenvalue weighted by atomic mass is 16.7. The van der Waals surface area contributed by atoms with E-state index in [0.29, 0.717) is 6.42 Å². The van der Waals surface area contributed by atoms with Crippen molar-refractivity contribution >= 4 is 5.97 Å². The fraction of sp³-hybridized carbons (Fsp3) is 0.500. The van der Waals surface area contributed by atoms with Crippen LogP contribution in [-0.4, -0.2) is 41.8 Å². The first-order valence-corrected chi connectivity index (χ1v) is 6.19. The molecule has 0 saturated carbocycles. The summed E-state index contributed by atoms with van der Waals surface area (Å²) in [4.78, 5) is 11.7. The van der Waals surface area contributed by atoms with Crippen LogP contribution < -0.4 is 0 Å². The zero-order chi connectivity index (χ0) is 13.9. The number of benzene rings is 1. The van der Waals surface area contributed by atoms with Gasteiger partial charge in [-0.05, 0) is 18.9 Å². The number of hydrogen-bond acceptors (Lipinski definition) is 4. The van der Waals surface area contributed by atoms with Crippen molar-refractivity contribution < 1.29 is 24.5 Å². The maximum Gasteiger partial charge on any atom is 0.312 e. The lowest BCUT2D eigenvalue weighted by Gasteiger charge is -2.32. The van der Waals surface area contributed by atoms with Crippen molar-refractivity contribution in [3.8, 4) is 0 Å². The molecule has 5 heteroatoms. The Labute approximate surface area is 111 Å². The molecule has 5 nitrogen and oxygen atoms in total. The minimum atomic E-state index is -1.13. The highest BCUT2D eigenvalue weighted by Gasteiger charge is 2.49. The van der Waals surface area contributed by atoms with Crippen LogP contribution in [0.1, 0.15) is 12.5 Å². The summed E-state index contributed by atoms with van der Waals surface area (Å²) in [6.45, 7) is 1.40. The average molecular weight is 266 g/mol. The number of ether oxygens (including phenoxy) is 2. The summed E-state index contributed by atoms with van der Waals surface area (Å²) in [5, 5.41) is 18.8. The highest BCUT2D eigenvalue weighted by Crippen LogP contribution is 2.35. The smallest absolute Gasteiger partial charge is 0.312 e. The first-order chi connectivity index (χ1) is 9.08. The van der Waals surface area contributed by atoms with Crippen LogP contribution in [0.15, 0.2) is 30.3 Å². The van der Waals surface area contributed by atoms with Crippen LogP contribution in [-0.2, 0) is 20.7 Å². The predicted octanol–water partition coefficient (Wildman–Crippen LogP) is 1.05.